The largest absolute Gasteiger partial charge is 0.497 e. The molecule has 1 aliphatic heterocycles. The number of esters is 1. The van der Waals surface area contributed by atoms with E-state index in [1.54, 1.807) is 31.2 Å². The summed E-state index contributed by atoms with van der Waals surface area (Å²) in [5.41, 5.74) is -0.550. The zero-order valence-corrected chi connectivity index (χ0v) is 17.1. The maximum Gasteiger partial charge on any atom is 0.326 e. The van der Waals surface area contributed by atoms with Crippen molar-refractivity contribution in [2.24, 2.45) is 5.92 Å². The second-order valence-corrected chi connectivity index (χ2v) is 7.53. The molecule has 1 aromatic rings. The van der Waals surface area contributed by atoms with E-state index in [0.717, 1.165) is 11.3 Å². The Morgan fingerprint density at radius 3 is 2.66 bits per heavy atom. The summed E-state index contributed by atoms with van der Waals surface area (Å²) in [6, 6.07) is 6.06. The van der Waals surface area contributed by atoms with Crippen LogP contribution in [0.2, 0.25) is 0 Å². The van der Waals surface area contributed by atoms with Crippen LogP contribution in [0.15, 0.2) is 24.3 Å². The Kier molecular flexibility index (Phi) is 7.19. The van der Waals surface area contributed by atoms with E-state index >= 15 is 0 Å². The minimum absolute atomic E-state index is 0.374. The molecule has 0 saturated carbocycles. The van der Waals surface area contributed by atoms with Crippen molar-refractivity contribution >= 4 is 29.5 Å². The quantitative estimate of drug-likeness (QED) is 0.479. The molecule has 1 saturated heterocycles. The molecule has 158 valence electrons. The zero-order valence-electron chi connectivity index (χ0n) is 17.1. The number of ether oxygens (including phenoxy) is 2. The van der Waals surface area contributed by atoms with Crippen molar-refractivity contribution in [3.63, 3.8) is 0 Å². The molecule has 0 bridgehead atoms. The molecular weight excluding hydrogens is 378 g/mol. The van der Waals surface area contributed by atoms with Crippen molar-refractivity contribution in [2.45, 2.75) is 39.2 Å². The first-order valence-corrected chi connectivity index (χ1v) is 9.38. The van der Waals surface area contributed by atoms with Gasteiger partial charge in [-0.15, -0.1) is 0 Å². The topological polar surface area (TPSA) is 114 Å². The summed E-state index contributed by atoms with van der Waals surface area (Å²) in [5, 5.41) is 5.21. The van der Waals surface area contributed by atoms with Crippen molar-refractivity contribution in [3.05, 3.63) is 24.3 Å². The molecular formula is C20H27N3O6. The lowest BCUT2D eigenvalue weighted by Crippen LogP contribution is -2.44. The van der Waals surface area contributed by atoms with Crippen LogP contribution in [0, 0.1) is 5.92 Å². The van der Waals surface area contributed by atoms with E-state index in [-0.39, 0.29) is 0 Å². The lowest BCUT2D eigenvalue weighted by Gasteiger charge is -2.22. The van der Waals surface area contributed by atoms with Crippen molar-refractivity contribution in [3.8, 4) is 5.75 Å². The zero-order chi connectivity index (χ0) is 21.6. The number of anilines is 1. The Morgan fingerprint density at radius 2 is 2.00 bits per heavy atom. The van der Waals surface area contributed by atoms with Crippen LogP contribution < -0.4 is 15.4 Å². The number of imide groups is 1. The highest BCUT2D eigenvalue weighted by Gasteiger charge is 2.48. The minimum Gasteiger partial charge on any atom is -0.497 e. The summed E-state index contributed by atoms with van der Waals surface area (Å²) in [5.74, 6) is -0.925. The molecule has 1 fully saturated rings. The third-order valence-corrected chi connectivity index (χ3v) is 4.57. The van der Waals surface area contributed by atoms with Crippen LogP contribution in [0.1, 0.15) is 33.6 Å². The molecule has 0 aliphatic carbocycles. The maximum atomic E-state index is 12.6. The number of methoxy groups -OCH3 is 1. The SMILES string of the molecule is COc1cccc(NC(=O)COC(=O)CN2C(=O)N[C@@](C)(CCC(C)C)C2=O)c1. The van der Waals surface area contributed by atoms with Gasteiger partial charge in [-0.2, -0.15) is 0 Å². The van der Waals surface area contributed by atoms with Crippen LogP contribution in [0.3, 0.4) is 0 Å². The highest BCUT2D eigenvalue weighted by Crippen LogP contribution is 2.24. The standard InChI is InChI=1S/C20H27N3O6/c1-13(2)8-9-20(3)18(26)23(19(27)22-20)11-17(25)29-12-16(24)21-14-6-5-7-15(10-14)28-4/h5-7,10,13H,8-9,11-12H2,1-4H3,(H,21,24)(H,22,27)/t20-/m0/s1. The second kappa shape index (κ2) is 9.40. The predicted octanol–water partition coefficient (Wildman–Crippen LogP) is 1.92. The highest BCUT2D eigenvalue weighted by atomic mass is 16.5. The Morgan fingerprint density at radius 1 is 1.28 bits per heavy atom. The first kappa shape index (κ1) is 22.2. The van der Waals surface area contributed by atoms with Crippen molar-refractivity contribution < 1.29 is 28.7 Å². The van der Waals surface area contributed by atoms with E-state index in [1.165, 1.54) is 7.11 Å². The number of carbonyl (C=O) groups excluding carboxylic acids is 4. The van der Waals surface area contributed by atoms with Crippen LogP contribution in [-0.2, 0) is 19.1 Å². The molecule has 29 heavy (non-hydrogen) atoms. The molecule has 1 heterocycles. The van der Waals surface area contributed by atoms with E-state index < -0.39 is 42.5 Å². The summed E-state index contributed by atoms with van der Waals surface area (Å²) in [6.07, 6.45) is 1.23. The molecule has 1 aliphatic rings. The molecule has 2 rings (SSSR count). The number of carbonyl (C=O) groups is 4. The van der Waals surface area contributed by atoms with Gasteiger partial charge in [0.25, 0.3) is 11.8 Å². The molecule has 9 heteroatoms. The van der Waals surface area contributed by atoms with Crippen LogP contribution >= 0.6 is 0 Å². The first-order chi connectivity index (χ1) is 13.6. The number of urea groups is 1. The maximum absolute atomic E-state index is 12.6. The lowest BCUT2D eigenvalue weighted by molar-refractivity contribution is -0.150. The number of hydrogen-bond acceptors (Lipinski definition) is 6. The number of nitrogens with zero attached hydrogens (tertiary/aromatic N) is 1. The van der Waals surface area contributed by atoms with Gasteiger partial charge < -0.3 is 20.1 Å². The average molecular weight is 405 g/mol. The van der Waals surface area contributed by atoms with Gasteiger partial charge in [0, 0.05) is 11.8 Å². The summed E-state index contributed by atoms with van der Waals surface area (Å²) >= 11 is 0. The van der Waals surface area contributed by atoms with Gasteiger partial charge in [0.1, 0.15) is 17.8 Å². The Hall–Kier alpha value is -3.10. The molecule has 0 spiro atoms. The summed E-state index contributed by atoms with van der Waals surface area (Å²) < 4.78 is 9.97. The molecule has 1 atom stereocenters. The van der Waals surface area contributed by atoms with Gasteiger partial charge in [-0.05, 0) is 37.8 Å². The molecule has 9 nitrogen and oxygen atoms in total. The number of hydrogen-bond donors (Lipinski definition) is 2. The molecule has 1 aromatic carbocycles. The fourth-order valence-electron chi connectivity index (χ4n) is 2.86. The predicted molar refractivity (Wildman–Crippen MR) is 105 cm³/mol. The first-order valence-electron chi connectivity index (χ1n) is 9.38. The van der Waals surface area contributed by atoms with E-state index in [1.807, 2.05) is 13.8 Å². The molecule has 0 unspecified atom stereocenters. The third-order valence-electron chi connectivity index (χ3n) is 4.57. The van der Waals surface area contributed by atoms with E-state index in [0.29, 0.717) is 23.8 Å². The molecule has 0 aromatic heterocycles. The molecule has 4 amide bonds. The Balaban J connectivity index is 1.84. The van der Waals surface area contributed by atoms with Crippen LogP contribution in [0.25, 0.3) is 0 Å². The van der Waals surface area contributed by atoms with Crippen LogP contribution in [0.4, 0.5) is 10.5 Å². The van der Waals surface area contributed by atoms with Gasteiger partial charge in [0.05, 0.1) is 7.11 Å². The fourth-order valence-corrected chi connectivity index (χ4v) is 2.86. The van der Waals surface area contributed by atoms with E-state index in [9.17, 15) is 19.2 Å². The highest BCUT2D eigenvalue weighted by molar-refractivity contribution is 6.08. The van der Waals surface area contributed by atoms with Crippen molar-refractivity contribution in [1.29, 1.82) is 0 Å². The summed E-state index contributed by atoms with van der Waals surface area (Å²) in [6.45, 7) is 4.61. The number of rotatable bonds is 9. The second-order valence-electron chi connectivity index (χ2n) is 7.53. The smallest absolute Gasteiger partial charge is 0.326 e. The van der Waals surface area contributed by atoms with Gasteiger partial charge in [0.15, 0.2) is 6.61 Å². The number of nitrogens with one attached hydrogen (secondary N) is 2. The number of benzene rings is 1. The molecule has 0 radical (unpaired) electrons. The van der Waals surface area contributed by atoms with Gasteiger partial charge >= 0.3 is 12.0 Å². The van der Waals surface area contributed by atoms with Crippen LogP contribution in [0.5, 0.6) is 5.75 Å². The van der Waals surface area contributed by atoms with Crippen molar-refractivity contribution in [2.75, 3.05) is 25.6 Å². The number of amides is 4. The Labute approximate surface area is 169 Å². The van der Waals surface area contributed by atoms with Gasteiger partial charge in [-0.1, -0.05) is 19.9 Å². The normalized spacial score (nSPS) is 18.6. The molecule has 2 N–H and O–H groups in total. The van der Waals surface area contributed by atoms with Crippen molar-refractivity contribution in [1.82, 2.24) is 10.2 Å². The monoisotopic (exact) mass is 405 g/mol. The van der Waals surface area contributed by atoms with Gasteiger partial charge in [-0.3, -0.25) is 19.3 Å². The summed E-state index contributed by atoms with van der Waals surface area (Å²) in [7, 11) is 1.51. The lowest BCUT2D eigenvalue weighted by atomic mass is 9.92. The Bertz CT molecular complexity index is 794. The minimum atomic E-state index is -1.04. The van der Waals surface area contributed by atoms with Gasteiger partial charge in [-0.25, -0.2) is 4.79 Å². The average Bonchev–Trinajstić information content (AvgIpc) is 2.88. The third kappa shape index (κ3) is 5.94. The van der Waals surface area contributed by atoms with Gasteiger partial charge in [0.2, 0.25) is 0 Å². The summed E-state index contributed by atoms with van der Waals surface area (Å²) in [4.78, 5) is 49.5. The van der Waals surface area contributed by atoms with E-state index in [2.05, 4.69) is 10.6 Å². The van der Waals surface area contributed by atoms with E-state index in [4.69, 9.17) is 9.47 Å². The van der Waals surface area contributed by atoms with Crippen LogP contribution in [-0.4, -0.2) is 54.5 Å². The fraction of sp³-hybridized carbons (Fsp3) is 0.500.